The number of aromatic nitrogens is 1. The van der Waals surface area contributed by atoms with Gasteiger partial charge in [-0.1, -0.05) is 24.3 Å². The van der Waals surface area contributed by atoms with Gasteiger partial charge in [-0.3, -0.25) is 4.79 Å². The van der Waals surface area contributed by atoms with Crippen LogP contribution in [0.15, 0.2) is 81.6 Å². The second-order valence-corrected chi connectivity index (χ2v) is 10.2. The Morgan fingerprint density at radius 1 is 1.06 bits per heavy atom. The number of amides is 1. The number of thiazole rings is 1. The smallest absolute Gasteiger partial charge is 0.251 e. The molecule has 4 rings (SSSR count). The van der Waals surface area contributed by atoms with Crippen LogP contribution >= 0.6 is 11.3 Å². The van der Waals surface area contributed by atoms with Crippen molar-refractivity contribution < 1.29 is 17.6 Å². The molecule has 33 heavy (non-hydrogen) atoms. The maximum Gasteiger partial charge on any atom is 0.251 e. The minimum atomic E-state index is -3.70. The highest BCUT2D eigenvalue weighted by atomic mass is 32.2. The van der Waals surface area contributed by atoms with Gasteiger partial charge in [-0.25, -0.2) is 18.1 Å². The quantitative estimate of drug-likeness (QED) is 0.374. The third kappa shape index (κ3) is 5.95. The van der Waals surface area contributed by atoms with E-state index in [-0.39, 0.29) is 17.3 Å². The number of nitrogens with one attached hydrogen (secondary N) is 2. The highest BCUT2D eigenvalue weighted by Gasteiger charge is 2.15. The topological polar surface area (TPSA) is 101 Å². The molecule has 2 aromatic carbocycles. The number of carbonyl (C=O) groups excluding carboxylic acids is 1. The van der Waals surface area contributed by atoms with Gasteiger partial charge in [-0.15, -0.1) is 11.3 Å². The standard InChI is InChI=1S/C24H23N3O4S2/c1-17-27-23(16-32-17)19-6-4-18(5-7-19)12-13-25-24(28)20-8-10-22(11-9-20)33(29,30)26-15-21-3-2-14-31-21/h2-11,14,16,26H,12-13,15H2,1H3,(H,25,28). The highest BCUT2D eigenvalue weighted by molar-refractivity contribution is 7.89. The van der Waals surface area contributed by atoms with Crippen LogP contribution in [0.25, 0.3) is 11.3 Å². The number of aryl methyl sites for hydroxylation is 1. The van der Waals surface area contributed by atoms with Crippen LogP contribution in [0.2, 0.25) is 0 Å². The van der Waals surface area contributed by atoms with Gasteiger partial charge in [0.05, 0.1) is 28.4 Å². The first kappa shape index (κ1) is 22.9. The fourth-order valence-electron chi connectivity index (χ4n) is 3.21. The highest BCUT2D eigenvalue weighted by Crippen LogP contribution is 2.22. The Balaban J connectivity index is 1.28. The summed E-state index contributed by atoms with van der Waals surface area (Å²) >= 11 is 1.62. The van der Waals surface area contributed by atoms with Crippen molar-refractivity contribution in [3.63, 3.8) is 0 Å². The van der Waals surface area contributed by atoms with Crippen molar-refractivity contribution in [3.8, 4) is 11.3 Å². The average Bonchev–Trinajstić information content (AvgIpc) is 3.50. The van der Waals surface area contributed by atoms with Crippen molar-refractivity contribution >= 4 is 27.3 Å². The molecule has 170 valence electrons. The van der Waals surface area contributed by atoms with Gasteiger partial charge in [0.1, 0.15) is 5.76 Å². The Morgan fingerprint density at radius 3 is 2.45 bits per heavy atom. The molecule has 2 heterocycles. The first-order valence-electron chi connectivity index (χ1n) is 10.3. The molecule has 2 aromatic heterocycles. The van der Waals surface area contributed by atoms with Crippen molar-refractivity contribution in [2.75, 3.05) is 6.54 Å². The van der Waals surface area contributed by atoms with Gasteiger partial charge in [0.2, 0.25) is 10.0 Å². The van der Waals surface area contributed by atoms with E-state index >= 15 is 0 Å². The number of sulfonamides is 1. The van der Waals surface area contributed by atoms with E-state index in [9.17, 15) is 13.2 Å². The lowest BCUT2D eigenvalue weighted by Gasteiger charge is -2.08. The molecule has 0 aliphatic carbocycles. The number of hydrogen-bond acceptors (Lipinski definition) is 6. The lowest BCUT2D eigenvalue weighted by molar-refractivity contribution is 0.0954. The van der Waals surface area contributed by atoms with Crippen molar-refractivity contribution in [1.29, 1.82) is 0 Å². The number of nitrogens with zero attached hydrogens (tertiary/aromatic N) is 1. The number of carbonyl (C=O) groups is 1. The molecule has 0 fully saturated rings. The van der Waals surface area contributed by atoms with Gasteiger partial charge in [-0.05, 0) is 55.3 Å². The van der Waals surface area contributed by atoms with Crippen LogP contribution in [0.5, 0.6) is 0 Å². The fourth-order valence-corrected chi connectivity index (χ4v) is 4.82. The van der Waals surface area contributed by atoms with E-state index in [1.807, 2.05) is 36.6 Å². The van der Waals surface area contributed by atoms with E-state index in [1.165, 1.54) is 30.5 Å². The van der Waals surface area contributed by atoms with Crippen LogP contribution in [0, 0.1) is 6.92 Å². The van der Waals surface area contributed by atoms with E-state index in [1.54, 1.807) is 23.5 Å². The molecule has 2 N–H and O–H groups in total. The van der Waals surface area contributed by atoms with Gasteiger partial charge in [0, 0.05) is 23.1 Å². The number of rotatable bonds is 9. The first-order valence-corrected chi connectivity index (χ1v) is 12.7. The summed E-state index contributed by atoms with van der Waals surface area (Å²) in [6, 6.07) is 17.3. The molecule has 0 aliphatic rings. The van der Waals surface area contributed by atoms with Crippen LogP contribution in [-0.4, -0.2) is 25.9 Å². The largest absolute Gasteiger partial charge is 0.468 e. The van der Waals surface area contributed by atoms with Gasteiger partial charge < -0.3 is 9.73 Å². The maximum absolute atomic E-state index is 12.4. The van der Waals surface area contributed by atoms with E-state index in [4.69, 9.17) is 4.42 Å². The second-order valence-electron chi connectivity index (χ2n) is 7.38. The number of hydrogen-bond donors (Lipinski definition) is 2. The van der Waals surface area contributed by atoms with E-state index in [0.717, 1.165) is 21.8 Å². The molecular weight excluding hydrogens is 458 g/mol. The Morgan fingerprint density at radius 2 is 1.82 bits per heavy atom. The van der Waals surface area contributed by atoms with Crippen LogP contribution in [0.3, 0.4) is 0 Å². The Hall–Kier alpha value is -3.27. The molecule has 0 saturated heterocycles. The van der Waals surface area contributed by atoms with E-state index < -0.39 is 10.0 Å². The summed E-state index contributed by atoms with van der Waals surface area (Å²) in [6.07, 6.45) is 2.17. The summed E-state index contributed by atoms with van der Waals surface area (Å²) in [6.45, 7) is 2.51. The zero-order chi connectivity index (χ0) is 23.3. The normalized spacial score (nSPS) is 11.4. The molecular formula is C24H23N3O4S2. The summed E-state index contributed by atoms with van der Waals surface area (Å²) < 4.78 is 32.4. The third-order valence-electron chi connectivity index (χ3n) is 5.01. The number of benzene rings is 2. The molecule has 4 aromatic rings. The second kappa shape index (κ2) is 10.1. The number of furan rings is 1. The van der Waals surface area contributed by atoms with Crippen LogP contribution in [-0.2, 0) is 23.0 Å². The molecule has 0 bridgehead atoms. The average molecular weight is 482 g/mol. The van der Waals surface area contributed by atoms with Crippen molar-refractivity contribution in [1.82, 2.24) is 15.0 Å². The maximum atomic E-state index is 12.4. The molecule has 0 aliphatic heterocycles. The van der Waals surface area contributed by atoms with Crippen molar-refractivity contribution in [2.45, 2.75) is 24.8 Å². The summed E-state index contributed by atoms with van der Waals surface area (Å²) in [5, 5.41) is 5.94. The molecule has 0 radical (unpaired) electrons. The Bertz CT molecular complexity index is 1310. The zero-order valence-electron chi connectivity index (χ0n) is 17.9. The van der Waals surface area contributed by atoms with Gasteiger partial charge >= 0.3 is 0 Å². The zero-order valence-corrected chi connectivity index (χ0v) is 19.6. The molecule has 0 saturated carbocycles. The van der Waals surface area contributed by atoms with Gasteiger partial charge in [0.25, 0.3) is 5.91 Å². The van der Waals surface area contributed by atoms with Crippen LogP contribution in [0.1, 0.15) is 26.7 Å². The molecule has 0 unspecified atom stereocenters. The van der Waals surface area contributed by atoms with Gasteiger partial charge in [-0.2, -0.15) is 0 Å². The van der Waals surface area contributed by atoms with Crippen LogP contribution < -0.4 is 10.0 Å². The Labute approximate surface area is 196 Å². The van der Waals surface area contributed by atoms with Crippen molar-refractivity contribution in [2.24, 2.45) is 0 Å². The molecule has 0 atom stereocenters. The first-order chi connectivity index (χ1) is 15.9. The van der Waals surface area contributed by atoms with E-state index in [0.29, 0.717) is 24.3 Å². The van der Waals surface area contributed by atoms with Gasteiger partial charge in [0.15, 0.2) is 0 Å². The lowest BCUT2D eigenvalue weighted by atomic mass is 10.1. The predicted molar refractivity (Wildman–Crippen MR) is 127 cm³/mol. The lowest BCUT2D eigenvalue weighted by Crippen LogP contribution is -2.26. The molecule has 0 spiro atoms. The minimum absolute atomic E-state index is 0.0575. The fraction of sp³-hybridized carbons (Fsp3) is 0.167. The van der Waals surface area contributed by atoms with E-state index in [2.05, 4.69) is 15.0 Å². The summed E-state index contributed by atoms with van der Waals surface area (Å²) in [4.78, 5) is 17.0. The third-order valence-corrected chi connectivity index (χ3v) is 7.20. The molecule has 1 amide bonds. The summed E-state index contributed by atoms with van der Waals surface area (Å²) in [5.41, 5.74) is 3.55. The molecule has 7 nitrogen and oxygen atoms in total. The summed E-state index contributed by atoms with van der Waals surface area (Å²) in [5.74, 6) is 0.263. The minimum Gasteiger partial charge on any atom is -0.468 e. The summed E-state index contributed by atoms with van der Waals surface area (Å²) in [7, 11) is -3.70. The predicted octanol–water partition coefficient (Wildman–Crippen LogP) is 4.16. The van der Waals surface area contributed by atoms with Crippen LogP contribution in [0.4, 0.5) is 0 Å². The monoisotopic (exact) mass is 481 g/mol. The SMILES string of the molecule is Cc1nc(-c2ccc(CCNC(=O)c3ccc(S(=O)(=O)NCc4ccco4)cc3)cc2)cs1. The molecule has 9 heteroatoms. The van der Waals surface area contributed by atoms with Crippen molar-refractivity contribution in [3.05, 3.63) is 94.2 Å². The Kier molecular flexibility index (Phi) is 7.02.